The molecule has 0 saturated carbocycles. The molecule has 8 heteroatoms. The Morgan fingerprint density at radius 2 is 2.18 bits per heavy atom. The maximum absolute atomic E-state index is 11.7. The number of hydrogen-bond acceptors (Lipinski definition) is 5. The van der Waals surface area contributed by atoms with Gasteiger partial charge in [-0.3, -0.25) is 0 Å². The number of nitrogens with one attached hydrogen (secondary N) is 1. The molecular weight excluding hydrogens is 248 g/mol. The highest BCUT2D eigenvalue weighted by molar-refractivity contribution is 7.87. The molecule has 0 spiro atoms. The molecule has 0 bridgehead atoms. The number of β-amino-alcohol motifs (C(OH)–C–C–N with tert-alkyl or cyclic N) is 1. The Bertz CT molecular complexity index is 368. The van der Waals surface area contributed by atoms with Gasteiger partial charge < -0.3 is 9.84 Å². The molecule has 0 aromatic rings. The summed E-state index contributed by atoms with van der Waals surface area (Å²) in [5, 5.41) is 9.37. The molecule has 1 rings (SSSR count). The van der Waals surface area contributed by atoms with Crippen molar-refractivity contribution >= 4 is 16.3 Å². The van der Waals surface area contributed by atoms with Gasteiger partial charge in [0.05, 0.1) is 12.2 Å². The van der Waals surface area contributed by atoms with Crippen LogP contribution in [-0.2, 0) is 14.9 Å². The Morgan fingerprint density at radius 3 is 2.71 bits per heavy atom. The van der Waals surface area contributed by atoms with Crippen LogP contribution in [0.1, 0.15) is 26.7 Å². The van der Waals surface area contributed by atoms with Crippen LogP contribution in [0.3, 0.4) is 0 Å². The van der Waals surface area contributed by atoms with Crippen molar-refractivity contribution < 1.29 is 23.1 Å². The fourth-order valence-electron chi connectivity index (χ4n) is 1.55. The fraction of sp³-hybridized carbons (Fsp3) is 0.889. The molecule has 1 saturated heterocycles. The van der Waals surface area contributed by atoms with Gasteiger partial charge in [0, 0.05) is 13.1 Å². The topological polar surface area (TPSA) is 95.9 Å². The standard InChI is InChI=1S/C9H18N2O5S/c1-7(2)16-9(13)10-17(14,15)11-5-3-4-8(12)6-11/h7-8,12H,3-6H2,1-2H3,(H,10,13). The molecule has 0 aromatic heterocycles. The van der Waals surface area contributed by atoms with Gasteiger partial charge in [-0.1, -0.05) is 0 Å². The number of piperidine rings is 1. The third-order valence-corrected chi connectivity index (χ3v) is 3.69. The summed E-state index contributed by atoms with van der Waals surface area (Å²) >= 11 is 0. The van der Waals surface area contributed by atoms with E-state index in [0.717, 1.165) is 4.31 Å². The highest BCUT2D eigenvalue weighted by Gasteiger charge is 2.29. The lowest BCUT2D eigenvalue weighted by atomic mass is 10.1. The summed E-state index contributed by atoms with van der Waals surface area (Å²) in [7, 11) is -3.91. The van der Waals surface area contributed by atoms with Crippen LogP contribution in [0.25, 0.3) is 0 Å². The van der Waals surface area contributed by atoms with Crippen LogP contribution in [-0.4, -0.2) is 49.2 Å². The third-order valence-electron chi connectivity index (χ3n) is 2.25. The van der Waals surface area contributed by atoms with Crippen LogP contribution in [0.4, 0.5) is 4.79 Å². The van der Waals surface area contributed by atoms with Crippen molar-refractivity contribution in [2.45, 2.75) is 38.9 Å². The first-order chi connectivity index (χ1) is 7.81. The minimum Gasteiger partial charge on any atom is -0.446 e. The van der Waals surface area contributed by atoms with Crippen LogP contribution in [0.2, 0.25) is 0 Å². The van der Waals surface area contributed by atoms with Crippen molar-refractivity contribution in [2.75, 3.05) is 13.1 Å². The number of carbonyl (C=O) groups is 1. The average Bonchev–Trinajstić information content (AvgIpc) is 2.15. The predicted octanol–water partition coefficient (Wildman–Crippen LogP) is -0.178. The molecule has 0 aliphatic carbocycles. The molecule has 0 radical (unpaired) electrons. The zero-order chi connectivity index (χ0) is 13.1. The Morgan fingerprint density at radius 1 is 1.53 bits per heavy atom. The van der Waals surface area contributed by atoms with E-state index in [0.29, 0.717) is 19.4 Å². The first kappa shape index (κ1) is 14.2. The molecule has 1 unspecified atom stereocenters. The van der Waals surface area contributed by atoms with Gasteiger partial charge in [0.15, 0.2) is 0 Å². The van der Waals surface area contributed by atoms with Crippen molar-refractivity contribution in [3.8, 4) is 0 Å². The molecule has 100 valence electrons. The number of aliphatic hydroxyl groups is 1. The molecule has 1 atom stereocenters. The van der Waals surface area contributed by atoms with E-state index in [1.54, 1.807) is 18.6 Å². The van der Waals surface area contributed by atoms with Crippen molar-refractivity contribution in [2.24, 2.45) is 0 Å². The van der Waals surface area contributed by atoms with Crippen LogP contribution in [0.5, 0.6) is 0 Å². The molecule has 0 aromatic carbocycles. The number of carbonyl (C=O) groups excluding carboxylic acids is 1. The quantitative estimate of drug-likeness (QED) is 0.739. The first-order valence-electron chi connectivity index (χ1n) is 5.48. The van der Waals surface area contributed by atoms with Crippen LogP contribution in [0, 0.1) is 0 Å². The molecule has 7 nitrogen and oxygen atoms in total. The van der Waals surface area contributed by atoms with E-state index in [2.05, 4.69) is 4.74 Å². The number of hydrogen-bond donors (Lipinski definition) is 2. The molecule has 17 heavy (non-hydrogen) atoms. The second-order valence-corrected chi connectivity index (χ2v) is 5.89. The lowest BCUT2D eigenvalue weighted by molar-refractivity contribution is 0.104. The second-order valence-electron chi connectivity index (χ2n) is 4.22. The van der Waals surface area contributed by atoms with Crippen molar-refractivity contribution in [3.63, 3.8) is 0 Å². The molecule has 1 heterocycles. The average molecular weight is 266 g/mol. The largest absolute Gasteiger partial charge is 0.446 e. The van der Waals surface area contributed by atoms with Gasteiger partial charge in [0.1, 0.15) is 0 Å². The van der Waals surface area contributed by atoms with Gasteiger partial charge in [0.25, 0.3) is 0 Å². The Balaban J connectivity index is 2.58. The fourth-order valence-corrected chi connectivity index (χ4v) is 2.67. The number of amides is 1. The van der Waals surface area contributed by atoms with Gasteiger partial charge in [0.2, 0.25) is 0 Å². The summed E-state index contributed by atoms with van der Waals surface area (Å²) in [6.07, 6.45) is -0.928. The number of rotatable bonds is 3. The summed E-state index contributed by atoms with van der Waals surface area (Å²) in [5.41, 5.74) is 0. The summed E-state index contributed by atoms with van der Waals surface area (Å²) < 4.78 is 31.0. The highest BCUT2D eigenvalue weighted by Crippen LogP contribution is 2.12. The summed E-state index contributed by atoms with van der Waals surface area (Å²) in [4.78, 5) is 11.2. The molecule has 1 fully saturated rings. The minimum atomic E-state index is -3.91. The normalized spacial score (nSPS) is 22.5. The molecular formula is C9H18N2O5S. The van der Waals surface area contributed by atoms with E-state index < -0.39 is 28.5 Å². The van der Waals surface area contributed by atoms with Gasteiger partial charge in [-0.25, -0.2) is 9.52 Å². The smallest absolute Gasteiger partial charge is 0.422 e. The first-order valence-corrected chi connectivity index (χ1v) is 6.92. The van der Waals surface area contributed by atoms with Crippen molar-refractivity contribution in [1.82, 2.24) is 9.03 Å². The molecule has 1 aliphatic rings. The third kappa shape index (κ3) is 4.49. The van der Waals surface area contributed by atoms with E-state index in [4.69, 9.17) is 0 Å². The Labute approximate surface area is 101 Å². The van der Waals surface area contributed by atoms with Crippen LogP contribution in [0.15, 0.2) is 0 Å². The van der Waals surface area contributed by atoms with E-state index >= 15 is 0 Å². The lowest BCUT2D eigenvalue weighted by Gasteiger charge is -2.28. The van der Waals surface area contributed by atoms with Gasteiger partial charge in [-0.05, 0) is 26.7 Å². The molecule has 1 aliphatic heterocycles. The van der Waals surface area contributed by atoms with Crippen LogP contribution < -0.4 is 4.72 Å². The minimum absolute atomic E-state index is 0.00426. The highest BCUT2D eigenvalue weighted by atomic mass is 32.2. The van der Waals surface area contributed by atoms with Crippen molar-refractivity contribution in [3.05, 3.63) is 0 Å². The molecule has 1 amide bonds. The van der Waals surface area contributed by atoms with Gasteiger partial charge in [-0.15, -0.1) is 0 Å². The van der Waals surface area contributed by atoms with E-state index in [9.17, 15) is 18.3 Å². The van der Waals surface area contributed by atoms with Gasteiger partial charge >= 0.3 is 16.3 Å². The predicted molar refractivity (Wildman–Crippen MR) is 60.5 cm³/mol. The van der Waals surface area contributed by atoms with E-state index in [1.165, 1.54) is 0 Å². The summed E-state index contributed by atoms with van der Waals surface area (Å²) in [6.45, 7) is 3.54. The summed E-state index contributed by atoms with van der Waals surface area (Å²) in [5.74, 6) is 0. The SMILES string of the molecule is CC(C)OC(=O)NS(=O)(=O)N1CCCC(O)C1. The monoisotopic (exact) mass is 266 g/mol. The maximum atomic E-state index is 11.7. The van der Waals surface area contributed by atoms with Crippen LogP contribution >= 0.6 is 0 Å². The second kappa shape index (κ2) is 5.65. The number of ether oxygens (including phenoxy) is 1. The number of aliphatic hydroxyl groups excluding tert-OH is 1. The zero-order valence-electron chi connectivity index (χ0n) is 9.92. The maximum Gasteiger partial charge on any atom is 0.422 e. The lowest BCUT2D eigenvalue weighted by Crippen LogP contribution is -2.49. The van der Waals surface area contributed by atoms with Crippen molar-refractivity contribution in [1.29, 1.82) is 0 Å². The van der Waals surface area contributed by atoms with Gasteiger partial charge in [-0.2, -0.15) is 12.7 Å². The van der Waals surface area contributed by atoms with E-state index in [-0.39, 0.29) is 6.54 Å². The Kier molecular flexibility index (Phi) is 4.72. The van der Waals surface area contributed by atoms with E-state index in [1.807, 2.05) is 0 Å². The molecule has 2 N–H and O–H groups in total. The summed E-state index contributed by atoms with van der Waals surface area (Å²) in [6, 6.07) is 0. The Hall–Kier alpha value is -0.860. The number of nitrogens with zero attached hydrogens (tertiary/aromatic N) is 1. The zero-order valence-corrected chi connectivity index (χ0v) is 10.7.